The first-order chi connectivity index (χ1) is 17.2. The third-order valence-corrected chi connectivity index (χ3v) is 8.77. The molecule has 2 rings (SSSR count). The summed E-state index contributed by atoms with van der Waals surface area (Å²) >= 11 is 0. The van der Waals surface area contributed by atoms with Gasteiger partial charge in [-0.2, -0.15) is 0 Å². The Kier molecular flexibility index (Phi) is 11.0. The summed E-state index contributed by atoms with van der Waals surface area (Å²) in [5.41, 5.74) is 5.02. The Morgan fingerprint density at radius 2 is 0.806 bits per heavy atom. The average molecular weight is 499 g/mol. The summed E-state index contributed by atoms with van der Waals surface area (Å²) in [5, 5.41) is 0. The summed E-state index contributed by atoms with van der Waals surface area (Å²) in [6.45, 7) is 13.6. The second-order valence-corrected chi connectivity index (χ2v) is 10.5. The van der Waals surface area contributed by atoms with Crippen LogP contribution in [0.25, 0.3) is 0 Å². The molecular weight excluding hydrogens is 448 g/mol. The van der Waals surface area contributed by atoms with Crippen LogP contribution >= 0.6 is 0 Å². The normalized spacial score (nSPS) is 11.9. The molecule has 2 aromatic rings. The molecule has 0 aliphatic heterocycles. The second kappa shape index (κ2) is 13.3. The lowest BCUT2D eigenvalue weighted by molar-refractivity contribution is 0.363. The van der Waals surface area contributed by atoms with Crippen molar-refractivity contribution in [1.82, 2.24) is 0 Å². The lowest BCUT2D eigenvalue weighted by Gasteiger charge is -2.30. The van der Waals surface area contributed by atoms with Gasteiger partial charge in [0.05, 0.1) is 28.4 Å². The van der Waals surface area contributed by atoms with Crippen molar-refractivity contribution >= 4 is 0 Å². The molecule has 0 bridgehead atoms. The van der Waals surface area contributed by atoms with Gasteiger partial charge in [0.1, 0.15) is 23.0 Å². The zero-order valence-corrected chi connectivity index (χ0v) is 24.6. The molecule has 0 aromatic heterocycles. The minimum atomic E-state index is 0.0740. The van der Waals surface area contributed by atoms with Crippen molar-refractivity contribution < 1.29 is 18.9 Å². The predicted octanol–water partition coefficient (Wildman–Crippen LogP) is 8.44. The summed E-state index contributed by atoms with van der Waals surface area (Å²) in [5.74, 6) is 3.85. The van der Waals surface area contributed by atoms with E-state index in [4.69, 9.17) is 18.9 Å². The van der Waals surface area contributed by atoms with E-state index in [1.54, 1.807) is 28.4 Å². The topological polar surface area (TPSA) is 36.9 Å². The van der Waals surface area contributed by atoms with Gasteiger partial charge in [0.15, 0.2) is 0 Å². The maximum Gasteiger partial charge on any atom is 0.123 e. The van der Waals surface area contributed by atoms with Crippen LogP contribution in [0.5, 0.6) is 23.0 Å². The molecule has 36 heavy (non-hydrogen) atoms. The van der Waals surface area contributed by atoms with Crippen LogP contribution < -0.4 is 18.9 Å². The van der Waals surface area contributed by atoms with Gasteiger partial charge < -0.3 is 18.9 Å². The number of ether oxygens (including phenoxy) is 4. The maximum absolute atomic E-state index is 5.84. The summed E-state index contributed by atoms with van der Waals surface area (Å²) in [6.07, 6.45) is 8.21. The number of rotatable bonds is 15. The van der Waals surface area contributed by atoms with Crippen LogP contribution in [0.4, 0.5) is 0 Å². The Morgan fingerprint density at radius 3 is 1.06 bits per heavy atom. The smallest absolute Gasteiger partial charge is 0.123 e. The van der Waals surface area contributed by atoms with Crippen LogP contribution in [0.2, 0.25) is 0 Å². The standard InChI is InChI=1S/C32H50O4/c1-11-31(5,12-2)25-21-27(33-7)23(19-29(25)35-9)17-15-16-18-24-20-30(36-10)26(22-28(24)34-8)32(6,13-3)14-4/h19-22H,11-18H2,1-10H3. The van der Waals surface area contributed by atoms with Crippen LogP contribution in [0.3, 0.4) is 0 Å². The molecule has 202 valence electrons. The summed E-state index contributed by atoms with van der Waals surface area (Å²) in [4.78, 5) is 0. The molecule has 0 aliphatic carbocycles. The molecule has 0 radical (unpaired) electrons. The monoisotopic (exact) mass is 498 g/mol. The molecule has 0 fully saturated rings. The van der Waals surface area contributed by atoms with Crippen LogP contribution in [-0.2, 0) is 23.7 Å². The molecule has 0 saturated carbocycles. The third kappa shape index (κ3) is 6.30. The number of hydrogen-bond donors (Lipinski definition) is 0. The van der Waals surface area contributed by atoms with Gasteiger partial charge >= 0.3 is 0 Å². The highest BCUT2D eigenvalue weighted by Gasteiger charge is 2.29. The first kappa shape index (κ1) is 29.9. The van der Waals surface area contributed by atoms with Crippen molar-refractivity contribution in [3.8, 4) is 23.0 Å². The minimum absolute atomic E-state index is 0.0740. The summed E-state index contributed by atoms with van der Waals surface area (Å²) in [6, 6.07) is 8.78. The maximum atomic E-state index is 5.84. The Bertz CT molecular complexity index is 891. The van der Waals surface area contributed by atoms with Gasteiger partial charge in [-0.25, -0.2) is 0 Å². The first-order valence-corrected chi connectivity index (χ1v) is 13.7. The van der Waals surface area contributed by atoms with E-state index in [2.05, 4.69) is 65.8 Å². The van der Waals surface area contributed by atoms with Gasteiger partial charge in [-0.05, 0) is 97.6 Å². The van der Waals surface area contributed by atoms with Crippen molar-refractivity contribution in [2.24, 2.45) is 0 Å². The Labute approximate surface area is 220 Å². The van der Waals surface area contributed by atoms with E-state index in [0.29, 0.717) is 0 Å². The zero-order valence-electron chi connectivity index (χ0n) is 24.6. The minimum Gasteiger partial charge on any atom is -0.496 e. The molecule has 4 heteroatoms. The SMILES string of the molecule is CCC(C)(CC)c1cc(OC)c(CCCCc2cc(OC)c(C(C)(CC)CC)cc2OC)cc1OC. The Balaban J connectivity index is 2.23. The van der Waals surface area contributed by atoms with Crippen molar-refractivity contribution in [3.05, 3.63) is 46.5 Å². The van der Waals surface area contributed by atoms with Gasteiger partial charge in [-0.1, -0.05) is 41.5 Å². The van der Waals surface area contributed by atoms with Crippen LogP contribution in [0.1, 0.15) is 102 Å². The summed E-state index contributed by atoms with van der Waals surface area (Å²) in [7, 11) is 7.07. The van der Waals surface area contributed by atoms with E-state index >= 15 is 0 Å². The fraction of sp³-hybridized carbons (Fsp3) is 0.625. The molecule has 0 amide bonds. The van der Waals surface area contributed by atoms with E-state index in [1.165, 1.54) is 22.3 Å². The quantitative estimate of drug-likeness (QED) is 0.231. The van der Waals surface area contributed by atoms with E-state index in [0.717, 1.165) is 74.4 Å². The van der Waals surface area contributed by atoms with E-state index in [-0.39, 0.29) is 10.8 Å². The second-order valence-electron chi connectivity index (χ2n) is 10.5. The molecule has 0 spiro atoms. The number of benzene rings is 2. The lowest BCUT2D eigenvalue weighted by Crippen LogP contribution is -2.21. The first-order valence-electron chi connectivity index (χ1n) is 13.7. The lowest BCUT2D eigenvalue weighted by atomic mass is 9.76. The Morgan fingerprint density at radius 1 is 0.500 bits per heavy atom. The fourth-order valence-electron chi connectivity index (χ4n) is 5.15. The van der Waals surface area contributed by atoms with Crippen molar-refractivity contribution in [2.45, 2.75) is 104 Å². The van der Waals surface area contributed by atoms with E-state index in [1.807, 2.05) is 0 Å². The third-order valence-electron chi connectivity index (χ3n) is 8.77. The Hall–Kier alpha value is -2.36. The molecule has 2 aromatic carbocycles. The molecule has 0 atom stereocenters. The van der Waals surface area contributed by atoms with Gasteiger partial charge in [-0.3, -0.25) is 0 Å². The van der Waals surface area contributed by atoms with Crippen molar-refractivity contribution in [2.75, 3.05) is 28.4 Å². The van der Waals surface area contributed by atoms with Crippen LogP contribution in [0, 0.1) is 0 Å². The van der Waals surface area contributed by atoms with Gasteiger partial charge in [0.2, 0.25) is 0 Å². The molecule has 0 saturated heterocycles. The predicted molar refractivity (Wildman–Crippen MR) is 152 cm³/mol. The fourth-order valence-corrected chi connectivity index (χ4v) is 5.15. The molecule has 4 nitrogen and oxygen atoms in total. The van der Waals surface area contributed by atoms with Crippen molar-refractivity contribution in [1.29, 1.82) is 0 Å². The van der Waals surface area contributed by atoms with Crippen LogP contribution in [-0.4, -0.2) is 28.4 Å². The van der Waals surface area contributed by atoms with E-state index in [9.17, 15) is 0 Å². The molecule has 0 heterocycles. The largest absolute Gasteiger partial charge is 0.496 e. The summed E-state index contributed by atoms with van der Waals surface area (Å²) < 4.78 is 23.3. The number of hydrogen-bond acceptors (Lipinski definition) is 4. The highest BCUT2D eigenvalue weighted by molar-refractivity contribution is 5.51. The van der Waals surface area contributed by atoms with Gasteiger partial charge in [0.25, 0.3) is 0 Å². The molecular formula is C32H50O4. The van der Waals surface area contributed by atoms with Crippen LogP contribution in [0.15, 0.2) is 24.3 Å². The number of unbranched alkanes of at least 4 members (excludes halogenated alkanes) is 1. The molecule has 0 unspecified atom stereocenters. The number of methoxy groups -OCH3 is 4. The highest BCUT2D eigenvalue weighted by atomic mass is 16.5. The number of aryl methyl sites for hydroxylation is 2. The van der Waals surface area contributed by atoms with Crippen molar-refractivity contribution in [3.63, 3.8) is 0 Å². The zero-order chi connectivity index (χ0) is 26.9. The van der Waals surface area contributed by atoms with Gasteiger partial charge in [-0.15, -0.1) is 0 Å². The van der Waals surface area contributed by atoms with E-state index < -0.39 is 0 Å². The van der Waals surface area contributed by atoms with Gasteiger partial charge in [0, 0.05) is 11.1 Å². The molecule has 0 aliphatic rings. The average Bonchev–Trinajstić information content (AvgIpc) is 2.93. The molecule has 0 N–H and O–H groups in total. The highest BCUT2D eigenvalue weighted by Crippen LogP contribution is 2.42.